The molecule has 0 spiro atoms. The van der Waals surface area contributed by atoms with Gasteiger partial charge >= 0.3 is 0 Å². The van der Waals surface area contributed by atoms with Crippen molar-refractivity contribution in [3.8, 4) is 5.75 Å². The topological polar surface area (TPSA) is 58.6 Å². The summed E-state index contributed by atoms with van der Waals surface area (Å²) < 4.78 is 5.08. The number of thiophene rings is 1. The van der Waals surface area contributed by atoms with Gasteiger partial charge in [0, 0.05) is 11.6 Å². The standard InChI is InChI=1S/C14H14ClNO3S/c1-19-12-6-7-20-13(12)14(18)16-8-11(17)9-2-4-10(15)5-3-9/h2-7,11,17H,8H2,1H3,(H,16,18). The van der Waals surface area contributed by atoms with Gasteiger partial charge in [-0.2, -0.15) is 0 Å². The summed E-state index contributed by atoms with van der Waals surface area (Å²) in [5, 5.41) is 15.1. The Kier molecular flexibility index (Phi) is 5.00. The number of nitrogens with one attached hydrogen (secondary N) is 1. The van der Waals surface area contributed by atoms with Crippen molar-refractivity contribution in [1.29, 1.82) is 0 Å². The third-order valence-electron chi connectivity index (χ3n) is 2.77. The van der Waals surface area contributed by atoms with Gasteiger partial charge in [-0.05, 0) is 29.1 Å². The van der Waals surface area contributed by atoms with E-state index in [1.54, 1.807) is 35.7 Å². The lowest BCUT2D eigenvalue weighted by Gasteiger charge is -2.12. The number of carbonyl (C=O) groups excluding carboxylic acids is 1. The second-order valence-electron chi connectivity index (χ2n) is 4.10. The fourth-order valence-corrected chi connectivity index (χ4v) is 2.60. The molecular weight excluding hydrogens is 298 g/mol. The minimum atomic E-state index is -0.776. The third-order valence-corrected chi connectivity index (χ3v) is 3.91. The van der Waals surface area contributed by atoms with Crippen LogP contribution in [0.5, 0.6) is 5.75 Å². The summed E-state index contributed by atoms with van der Waals surface area (Å²) in [5.74, 6) is 0.276. The molecule has 0 aliphatic carbocycles. The SMILES string of the molecule is COc1ccsc1C(=O)NCC(O)c1ccc(Cl)cc1. The lowest BCUT2D eigenvalue weighted by molar-refractivity contribution is 0.0917. The third kappa shape index (κ3) is 3.50. The Hall–Kier alpha value is -1.56. The Morgan fingerprint density at radius 2 is 2.10 bits per heavy atom. The first-order chi connectivity index (χ1) is 9.61. The fourth-order valence-electron chi connectivity index (χ4n) is 1.70. The van der Waals surface area contributed by atoms with Crippen LogP contribution >= 0.6 is 22.9 Å². The number of methoxy groups -OCH3 is 1. The lowest BCUT2D eigenvalue weighted by Crippen LogP contribution is -2.28. The molecule has 2 aromatic rings. The fraction of sp³-hybridized carbons (Fsp3) is 0.214. The van der Waals surface area contributed by atoms with Crippen molar-refractivity contribution in [2.24, 2.45) is 0 Å². The maximum Gasteiger partial charge on any atom is 0.265 e. The van der Waals surface area contributed by atoms with Crippen molar-refractivity contribution in [2.75, 3.05) is 13.7 Å². The molecule has 0 saturated heterocycles. The summed E-state index contributed by atoms with van der Waals surface area (Å²) in [6.07, 6.45) is -0.776. The minimum absolute atomic E-state index is 0.127. The van der Waals surface area contributed by atoms with Gasteiger partial charge in [-0.25, -0.2) is 0 Å². The number of aliphatic hydroxyl groups is 1. The van der Waals surface area contributed by atoms with E-state index >= 15 is 0 Å². The van der Waals surface area contributed by atoms with E-state index in [2.05, 4.69) is 5.32 Å². The molecule has 1 amide bonds. The Balaban J connectivity index is 1.95. The number of benzene rings is 1. The van der Waals surface area contributed by atoms with Crippen molar-refractivity contribution in [2.45, 2.75) is 6.10 Å². The second-order valence-corrected chi connectivity index (χ2v) is 5.45. The zero-order valence-electron chi connectivity index (χ0n) is 10.8. The van der Waals surface area contributed by atoms with Gasteiger partial charge in [0.25, 0.3) is 5.91 Å². The van der Waals surface area contributed by atoms with E-state index in [1.165, 1.54) is 18.4 Å². The first kappa shape index (κ1) is 14.8. The Bertz CT molecular complexity index is 582. The second kappa shape index (κ2) is 6.74. The number of hydrogen-bond donors (Lipinski definition) is 2. The van der Waals surface area contributed by atoms with Gasteiger partial charge < -0.3 is 15.2 Å². The molecule has 2 N–H and O–H groups in total. The molecule has 2 rings (SSSR count). The first-order valence-electron chi connectivity index (χ1n) is 5.95. The smallest absolute Gasteiger partial charge is 0.265 e. The molecule has 1 aromatic heterocycles. The number of hydrogen-bond acceptors (Lipinski definition) is 4. The van der Waals surface area contributed by atoms with Crippen LogP contribution in [0.25, 0.3) is 0 Å². The molecule has 0 fully saturated rings. The molecule has 4 nitrogen and oxygen atoms in total. The normalized spacial score (nSPS) is 11.9. The average Bonchev–Trinajstić information content (AvgIpc) is 2.93. The average molecular weight is 312 g/mol. The quantitative estimate of drug-likeness (QED) is 0.892. The van der Waals surface area contributed by atoms with Crippen LogP contribution in [0.3, 0.4) is 0 Å². The van der Waals surface area contributed by atoms with Gasteiger partial charge in [-0.15, -0.1) is 11.3 Å². The Morgan fingerprint density at radius 1 is 1.40 bits per heavy atom. The largest absolute Gasteiger partial charge is 0.495 e. The molecule has 1 heterocycles. The summed E-state index contributed by atoms with van der Waals surface area (Å²) in [6, 6.07) is 8.58. The van der Waals surface area contributed by atoms with Crippen LogP contribution in [-0.2, 0) is 0 Å². The first-order valence-corrected chi connectivity index (χ1v) is 7.20. The summed E-state index contributed by atoms with van der Waals surface area (Å²) >= 11 is 7.08. The molecule has 1 atom stereocenters. The van der Waals surface area contributed by atoms with E-state index in [1.807, 2.05) is 0 Å². The Labute approximate surface area is 126 Å². The van der Waals surface area contributed by atoms with Crippen LogP contribution in [-0.4, -0.2) is 24.7 Å². The predicted octanol–water partition coefficient (Wildman–Crippen LogP) is 2.87. The van der Waals surface area contributed by atoms with Crippen molar-refractivity contribution in [1.82, 2.24) is 5.32 Å². The number of ether oxygens (including phenoxy) is 1. The maximum absolute atomic E-state index is 12.0. The number of aliphatic hydroxyl groups excluding tert-OH is 1. The molecule has 1 unspecified atom stereocenters. The highest BCUT2D eigenvalue weighted by Crippen LogP contribution is 2.24. The van der Waals surface area contributed by atoms with Crippen molar-refractivity contribution < 1.29 is 14.6 Å². The number of amides is 1. The summed E-state index contributed by atoms with van der Waals surface area (Å²) in [4.78, 5) is 12.5. The molecule has 0 radical (unpaired) electrons. The summed E-state index contributed by atoms with van der Waals surface area (Å²) in [6.45, 7) is 0.127. The summed E-state index contributed by atoms with van der Waals surface area (Å²) in [5.41, 5.74) is 0.702. The van der Waals surface area contributed by atoms with E-state index in [-0.39, 0.29) is 12.5 Å². The zero-order valence-corrected chi connectivity index (χ0v) is 12.4. The van der Waals surface area contributed by atoms with E-state index in [0.717, 1.165) is 0 Å². The minimum Gasteiger partial charge on any atom is -0.495 e. The lowest BCUT2D eigenvalue weighted by atomic mass is 10.1. The van der Waals surface area contributed by atoms with Gasteiger partial charge in [0.1, 0.15) is 10.6 Å². The zero-order chi connectivity index (χ0) is 14.5. The molecule has 0 saturated carbocycles. The van der Waals surface area contributed by atoms with E-state index in [4.69, 9.17) is 16.3 Å². The van der Waals surface area contributed by atoms with Crippen LogP contribution in [0.2, 0.25) is 5.02 Å². The van der Waals surface area contributed by atoms with Crippen LogP contribution in [0.1, 0.15) is 21.3 Å². The van der Waals surface area contributed by atoms with Gasteiger partial charge in [-0.3, -0.25) is 4.79 Å². The van der Waals surface area contributed by atoms with Crippen molar-refractivity contribution >= 4 is 28.8 Å². The molecule has 20 heavy (non-hydrogen) atoms. The van der Waals surface area contributed by atoms with E-state index in [0.29, 0.717) is 21.2 Å². The van der Waals surface area contributed by atoms with Crippen LogP contribution in [0.4, 0.5) is 0 Å². The van der Waals surface area contributed by atoms with Gasteiger partial charge in [0.15, 0.2) is 0 Å². The number of carbonyl (C=O) groups is 1. The van der Waals surface area contributed by atoms with Crippen LogP contribution in [0, 0.1) is 0 Å². The van der Waals surface area contributed by atoms with Gasteiger partial charge in [0.2, 0.25) is 0 Å². The van der Waals surface area contributed by atoms with Crippen LogP contribution in [0.15, 0.2) is 35.7 Å². The molecule has 0 bridgehead atoms. The van der Waals surface area contributed by atoms with E-state index < -0.39 is 6.10 Å². The molecule has 1 aromatic carbocycles. The monoisotopic (exact) mass is 311 g/mol. The summed E-state index contributed by atoms with van der Waals surface area (Å²) in [7, 11) is 1.52. The molecule has 6 heteroatoms. The number of rotatable bonds is 5. The number of halogens is 1. The molecule has 0 aliphatic heterocycles. The maximum atomic E-state index is 12.0. The van der Waals surface area contributed by atoms with Gasteiger partial charge in [0.05, 0.1) is 13.2 Å². The molecule has 0 aliphatic rings. The van der Waals surface area contributed by atoms with Crippen molar-refractivity contribution in [3.05, 3.63) is 51.2 Å². The molecule has 106 valence electrons. The predicted molar refractivity (Wildman–Crippen MR) is 79.6 cm³/mol. The molecular formula is C14H14ClNO3S. The van der Waals surface area contributed by atoms with Crippen molar-refractivity contribution in [3.63, 3.8) is 0 Å². The highest BCUT2D eigenvalue weighted by Gasteiger charge is 2.15. The highest BCUT2D eigenvalue weighted by atomic mass is 35.5. The van der Waals surface area contributed by atoms with E-state index in [9.17, 15) is 9.90 Å². The van der Waals surface area contributed by atoms with Crippen LogP contribution < -0.4 is 10.1 Å². The Morgan fingerprint density at radius 3 is 2.75 bits per heavy atom. The van der Waals surface area contributed by atoms with Gasteiger partial charge in [-0.1, -0.05) is 23.7 Å². The highest BCUT2D eigenvalue weighted by molar-refractivity contribution is 7.12.